The molecule has 2 aromatic rings. The van der Waals surface area contributed by atoms with E-state index in [1.165, 1.54) is 11.3 Å². The standard InChI is InChI=1S/C14H18N2O2S/c1-8(7-15)16-14(17)13-9(2)11-6-10(18-3)4-5-12(11)19-13/h4-6,8H,7,15H2,1-3H3,(H,16,17)/t8-/m0/s1. The summed E-state index contributed by atoms with van der Waals surface area (Å²) in [4.78, 5) is 12.9. The van der Waals surface area contributed by atoms with Crippen LogP contribution in [-0.4, -0.2) is 25.6 Å². The summed E-state index contributed by atoms with van der Waals surface area (Å²) >= 11 is 1.50. The molecular weight excluding hydrogens is 260 g/mol. The summed E-state index contributed by atoms with van der Waals surface area (Å²) in [6.45, 7) is 4.29. The predicted octanol–water partition coefficient (Wildman–Crippen LogP) is 2.30. The third-order valence-electron chi connectivity index (χ3n) is 3.08. The Kier molecular flexibility index (Phi) is 4.07. The summed E-state index contributed by atoms with van der Waals surface area (Å²) in [5.41, 5.74) is 6.51. The Morgan fingerprint density at radius 3 is 2.89 bits per heavy atom. The van der Waals surface area contributed by atoms with Gasteiger partial charge in [0.25, 0.3) is 5.91 Å². The van der Waals surface area contributed by atoms with E-state index in [0.29, 0.717) is 6.54 Å². The van der Waals surface area contributed by atoms with Gasteiger partial charge < -0.3 is 15.8 Å². The lowest BCUT2D eigenvalue weighted by Crippen LogP contribution is -2.37. The molecule has 0 radical (unpaired) electrons. The van der Waals surface area contributed by atoms with Crippen LogP contribution < -0.4 is 15.8 Å². The molecule has 19 heavy (non-hydrogen) atoms. The number of nitrogens with two attached hydrogens (primary N) is 1. The van der Waals surface area contributed by atoms with Crippen LogP contribution in [0.15, 0.2) is 18.2 Å². The average Bonchev–Trinajstić information content (AvgIpc) is 2.75. The summed E-state index contributed by atoms with van der Waals surface area (Å²) in [5, 5.41) is 3.96. The average molecular weight is 278 g/mol. The van der Waals surface area contributed by atoms with E-state index in [9.17, 15) is 4.79 Å². The fraction of sp³-hybridized carbons (Fsp3) is 0.357. The van der Waals surface area contributed by atoms with E-state index in [1.54, 1.807) is 7.11 Å². The van der Waals surface area contributed by atoms with Crippen molar-refractivity contribution < 1.29 is 9.53 Å². The van der Waals surface area contributed by atoms with Crippen molar-refractivity contribution in [1.82, 2.24) is 5.32 Å². The number of hydrogen-bond donors (Lipinski definition) is 2. The summed E-state index contributed by atoms with van der Waals surface area (Å²) in [6, 6.07) is 5.83. The van der Waals surface area contributed by atoms with E-state index < -0.39 is 0 Å². The zero-order valence-electron chi connectivity index (χ0n) is 11.3. The third kappa shape index (κ3) is 2.72. The van der Waals surface area contributed by atoms with Crippen molar-refractivity contribution in [2.45, 2.75) is 19.9 Å². The van der Waals surface area contributed by atoms with E-state index in [0.717, 1.165) is 26.3 Å². The van der Waals surface area contributed by atoms with Gasteiger partial charge in [-0.3, -0.25) is 4.79 Å². The van der Waals surface area contributed by atoms with Crippen molar-refractivity contribution in [1.29, 1.82) is 0 Å². The monoisotopic (exact) mass is 278 g/mol. The highest BCUT2D eigenvalue weighted by Crippen LogP contribution is 2.33. The van der Waals surface area contributed by atoms with Gasteiger partial charge in [-0.1, -0.05) is 0 Å². The minimum absolute atomic E-state index is 0.0216. The number of carbonyl (C=O) groups is 1. The Morgan fingerprint density at radius 2 is 2.26 bits per heavy atom. The van der Waals surface area contributed by atoms with Crippen LogP contribution in [0.3, 0.4) is 0 Å². The molecule has 0 spiro atoms. The quantitative estimate of drug-likeness (QED) is 0.902. The predicted molar refractivity (Wildman–Crippen MR) is 79.1 cm³/mol. The molecule has 1 aromatic heterocycles. The Balaban J connectivity index is 2.39. The number of rotatable bonds is 4. The maximum atomic E-state index is 12.2. The molecule has 0 unspecified atom stereocenters. The summed E-state index contributed by atoms with van der Waals surface area (Å²) in [5.74, 6) is 0.742. The number of amides is 1. The van der Waals surface area contributed by atoms with Crippen molar-refractivity contribution in [2.24, 2.45) is 5.73 Å². The topological polar surface area (TPSA) is 64.3 Å². The minimum Gasteiger partial charge on any atom is -0.497 e. The highest BCUT2D eigenvalue weighted by atomic mass is 32.1. The molecule has 0 saturated heterocycles. The lowest BCUT2D eigenvalue weighted by molar-refractivity contribution is 0.0945. The van der Waals surface area contributed by atoms with Gasteiger partial charge >= 0.3 is 0 Å². The molecule has 0 aliphatic carbocycles. The van der Waals surface area contributed by atoms with Crippen molar-refractivity contribution in [3.8, 4) is 5.75 Å². The number of aryl methyl sites for hydroxylation is 1. The van der Waals surface area contributed by atoms with Gasteiger partial charge in [0.1, 0.15) is 5.75 Å². The van der Waals surface area contributed by atoms with Crippen LogP contribution in [-0.2, 0) is 0 Å². The molecule has 3 N–H and O–H groups in total. The maximum Gasteiger partial charge on any atom is 0.261 e. The molecular formula is C14H18N2O2S. The molecule has 102 valence electrons. The van der Waals surface area contributed by atoms with Crippen LogP contribution in [0, 0.1) is 6.92 Å². The maximum absolute atomic E-state index is 12.2. The van der Waals surface area contributed by atoms with Crippen molar-refractivity contribution >= 4 is 27.3 Å². The largest absolute Gasteiger partial charge is 0.497 e. The van der Waals surface area contributed by atoms with Crippen LogP contribution in [0.5, 0.6) is 5.75 Å². The molecule has 4 nitrogen and oxygen atoms in total. The first-order valence-corrected chi connectivity index (χ1v) is 6.96. The number of methoxy groups -OCH3 is 1. The molecule has 1 atom stereocenters. The first-order chi connectivity index (χ1) is 9.06. The number of ether oxygens (including phenoxy) is 1. The van der Waals surface area contributed by atoms with Crippen LogP contribution in [0.2, 0.25) is 0 Å². The molecule has 0 bridgehead atoms. The van der Waals surface area contributed by atoms with E-state index >= 15 is 0 Å². The smallest absolute Gasteiger partial charge is 0.261 e. The molecule has 5 heteroatoms. The van der Waals surface area contributed by atoms with Gasteiger partial charge in [0, 0.05) is 17.3 Å². The van der Waals surface area contributed by atoms with Crippen LogP contribution >= 0.6 is 11.3 Å². The van der Waals surface area contributed by atoms with Gasteiger partial charge in [0.05, 0.1) is 12.0 Å². The number of carbonyl (C=O) groups excluding carboxylic acids is 1. The zero-order valence-corrected chi connectivity index (χ0v) is 12.1. The first-order valence-electron chi connectivity index (χ1n) is 6.15. The number of hydrogen-bond acceptors (Lipinski definition) is 4. The van der Waals surface area contributed by atoms with E-state index in [-0.39, 0.29) is 11.9 Å². The fourth-order valence-corrected chi connectivity index (χ4v) is 2.98. The van der Waals surface area contributed by atoms with Gasteiger partial charge in [0.15, 0.2) is 0 Å². The van der Waals surface area contributed by atoms with Gasteiger partial charge in [-0.2, -0.15) is 0 Å². The number of nitrogens with one attached hydrogen (secondary N) is 1. The molecule has 0 aliphatic heterocycles. The van der Waals surface area contributed by atoms with Crippen molar-refractivity contribution in [2.75, 3.05) is 13.7 Å². The molecule has 0 aliphatic rings. The van der Waals surface area contributed by atoms with Gasteiger partial charge in [-0.05, 0) is 43.0 Å². The minimum atomic E-state index is -0.0596. The Labute approximate surface area is 116 Å². The van der Waals surface area contributed by atoms with Crippen LogP contribution in [0.4, 0.5) is 0 Å². The summed E-state index contributed by atoms with van der Waals surface area (Å²) < 4.78 is 6.30. The lowest BCUT2D eigenvalue weighted by atomic mass is 10.1. The van der Waals surface area contributed by atoms with Crippen LogP contribution in [0.25, 0.3) is 10.1 Å². The molecule has 1 amide bonds. The van der Waals surface area contributed by atoms with Gasteiger partial charge in [-0.15, -0.1) is 11.3 Å². The molecule has 1 heterocycles. The SMILES string of the molecule is COc1ccc2sc(C(=O)N[C@@H](C)CN)c(C)c2c1. The van der Waals surface area contributed by atoms with Crippen molar-refractivity contribution in [3.05, 3.63) is 28.6 Å². The second kappa shape index (κ2) is 5.59. The Bertz CT molecular complexity index is 607. The molecule has 1 aromatic carbocycles. The third-order valence-corrected chi connectivity index (χ3v) is 4.35. The van der Waals surface area contributed by atoms with E-state index in [2.05, 4.69) is 5.32 Å². The second-order valence-corrected chi connectivity index (χ2v) is 5.58. The summed E-state index contributed by atoms with van der Waals surface area (Å²) in [6.07, 6.45) is 0. The highest BCUT2D eigenvalue weighted by molar-refractivity contribution is 7.21. The first kappa shape index (κ1) is 13.8. The second-order valence-electron chi connectivity index (χ2n) is 4.53. The Morgan fingerprint density at radius 1 is 1.53 bits per heavy atom. The highest BCUT2D eigenvalue weighted by Gasteiger charge is 2.17. The van der Waals surface area contributed by atoms with Gasteiger partial charge in [0.2, 0.25) is 0 Å². The molecule has 0 fully saturated rings. The molecule has 2 rings (SSSR count). The lowest BCUT2D eigenvalue weighted by Gasteiger charge is -2.10. The van der Waals surface area contributed by atoms with Crippen molar-refractivity contribution in [3.63, 3.8) is 0 Å². The number of thiophene rings is 1. The van der Waals surface area contributed by atoms with Gasteiger partial charge in [-0.25, -0.2) is 0 Å². The van der Waals surface area contributed by atoms with E-state index in [4.69, 9.17) is 10.5 Å². The summed E-state index contributed by atoms with van der Waals surface area (Å²) in [7, 11) is 1.64. The van der Waals surface area contributed by atoms with Crippen LogP contribution in [0.1, 0.15) is 22.2 Å². The number of benzene rings is 1. The Hall–Kier alpha value is -1.59. The fourth-order valence-electron chi connectivity index (χ4n) is 1.89. The number of fused-ring (bicyclic) bond motifs is 1. The van der Waals surface area contributed by atoms with E-state index in [1.807, 2.05) is 32.0 Å². The molecule has 0 saturated carbocycles. The normalized spacial score (nSPS) is 12.4. The zero-order chi connectivity index (χ0) is 14.0.